The van der Waals surface area contributed by atoms with Crippen LogP contribution in [0.3, 0.4) is 0 Å². The van der Waals surface area contributed by atoms with Crippen molar-refractivity contribution in [2.75, 3.05) is 0 Å². The fourth-order valence-electron chi connectivity index (χ4n) is 3.36. The molecule has 2 heterocycles. The summed E-state index contributed by atoms with van der Waals surface area (Å²) in [7, 11) is 0. The molecule has 0 N–H and O–H groups in total. The third-order valence-electron chi connectivity index (χ3n) is 4.29. The van der Waals surface area contributed by atoms with Gasteiger partial charge in [0.15, 0.2) is 6.29 Å². The van der Waals surface area contributed by atoms with Crippen LogP contribution in [0.2, 0.25) is 0 Å². The minimum atomic E-state index is 0.178. The minimum Gasteiger partial charge on any atom is -0.370 e. The van der Waals surface area contributed by atoms with Crippen LogP contribution >= 0.6 is 0 Å². The lowest BCUT2D eigenvalue weighted by Crippen LogP contribution is -2.32. The molecular weight excluding hydrogens is 228 g/mol. The van der Waals surface area contributed by atoms with Gasteiger partial charge in [-0.15, -0.1) is 0 Å². The van der Waals surface area contributed by atoms with Crippen LogP contribution in [-0.2, 0) is 11.3 Å². The Morgan fingerprint density at radius 3 is 2.94 bits per heavy atom. The zero-order valence-electron chi connectivity index (χ0n) is 10.7. The van der Waals surface area contributed by atoms with Crippen LogP contribution in [0.4, 0.5) is 0 Å². The molecule has 98 valence electrons. The van der Waals surface area contributed by atoms with Gasteiger partial charge in [0.1, 0.15) is 5.69 Å². The van der Waals surface area contributed by atoms with E-state index in [0.717, 1.165) is 19.3 Å². The molecule has 1 unspecified atom stereocenters. The Kier molecular flexibility index (Phi) is 3.20. The van der Waals surface area contributed by atoms with E-state index in [9.17, 15) is 4.79 Å². The monoisotopic (exact) mass is 248 g/mol. The lowest BCUT2D eigenvalue weighted by atomic mass is 9.83. The van der Waals surface area contributed by atoms with Crippen LogP contribution in [-0.4, -0.2) is 27.5 Å². The summed E-state index contributed by atoms with van der Waals surface area (Å²) in [6.07, 6.45) is 13.4. The van der Waals surface area contributed by atoms with Crippen molar-refractivity contribution in [1.29, 1.82) is 0 Å². The zero-order chi connectivity index (χ0) is 12.4. The molecule has 2 fully saturated rings. The van der Waals surface area contributed by atoms with Crippen LogP contribution in [0.25, 0.3) is 0 Å². The van der Waals surface area contributed by atoms with Crippen molar-refractivity contribution in [3.8, 4) is 0 Å². The quantitative estimate of drug-likeness (QED) is 0.772. The van der Waals surface area contributed by atoms with E-state index in [2.05, 4.69) is 4.98 Å². The zero-order valence-corrected chi connectivity index (χ0v) is 10.7. The van der Waals surface area contributed by atoms with Gasteiger partial charge in [-0.1, -0.05) is 19.3 Å². The summed E-state index contributed by atoms with van der Waals surface area (Å²) in [5.41, 5.74) is 0.678. The lowest BCUT2D eigenvalue weighted by Gasteiger charge is -2.33. The summed E-state index contributed by atoms with van der Waals surface area (Å²) in [4.78, 5) is 14.6. The number of imidazole rings is 1. The summed E-state index contributed by atoms with van der Waals surface area (Å²) in [5, 5.41) is 0. The van der Waals surface area contributed by atoms with Crippen molar-refractivity contribution in [3.63, 3.8) is 0 Å². The normalized spacial score (nSPS) is 26.6. The van der Waals surface area contributed by atoms with Crippen molar-refractivity contribution in [3.05, 3.63) is 18.2 Å². The molecule has 18 heavy (non-hydrogen) atoms. The first-order valence-corrected chi connectivity index (χ1v) is 6.94. The lowest BCUT2D eigenvalue weighted by molar-refractivity contribution is -0.0679. The number of nitrogens with zero attached hydrogens (tertiary/aromatic N) is 2. The second kappa shape index (κ2) is 4.84. The Labute approximate surface area is 107 Å². The van der Waals surface area contributed by atoms with E-state index in [4.69, 9.17) is 4.74 Å². The Morgan fingerprint density at radius 1 is 1.39 bits per heavy atom. The number of aldehydes is 1. The van der Waals surface area contributed by atoms with E-state index in [1.54, 1.807) is 12.5 Å². The van der Waals surface area contributed by atoms with Gasteiger partial charge in [0.2, 0.25) is 0 Å². The van der Waals surface area contributed by atoms with Gasteiger partial charge < -0.3 is 9.30 Å². The van der Waals surface area contributed by atoms with E-state index < -0.39 is 0 Å². The van der Waals surface area contributed by atoms with Crippen molar-refractivity contribution in [1.82, 2.24) is 9.55 Å². The predicted octanol–water partition coefficient (Wildman–Crippen LogP) is 2.58. The molecule has 4 heteroatoms. The van der Waals surface area contributed by atoms with E-state index in [1.807, 2.05) is 4.57 Å². The van der Waals surface area contributed by atoms with E-state index in [0.29, 0.717) is 5.69 Å². The van der Waals surface area contributed by atoms with Crippen molar-refractivity contribution in [2.24, 2.45) is 0 Å². The molecule has 0 bridgehead atoms. The summed E-state index contributed by atoms with van der Waals surface area (Å²) >= 11 is 0. The van der Waals surface area contributed by atoms with Crippen LogP contribution < -0.4 is 0 Å². The van der Waals surface area contributed by atoms with Gasteiger partial charge in [0.25, 0.3) is 0 Å². The molecule has 3 rings (SSSR count). The largest absolute Gasteiger partial charge is 0.370 e. The Morgan fingerprint density at radius 2 is 2.22 bits per heavy atom. The molecule has 1 aromatic heterocycles. The first kappa shape index (κ1) is 11.9. The SMILES string of the molecule is O=Cc1cn(CC2CCC3(CCCCC3)O2)cn1. The highest BCUT2D eigenvalue weighted by atomic mass is 16.5. The summed E-state index contributed by atoms with van der Waals surface area (Å²) < 4.78 is 8.27. The van der Waals surface area contributed by atoms with E-state index in [-0.39, 0.29) is 11.7 Å². The number of hydrogen-bond acceptors (Lipinski definition) is 3. The molecule has 1 aromatic rings. The molecule has 1 atom stereocenters. The number of rotatable bonds is 3. The minimum absolute atomic E-state index is 0.178. The van der Waals surface area contributed by atoms with Gasteiger partial charge in [-0.05, 0) is 25.7 Å². The summed E-state index contributed by atoms with van der Waals surface area (Å²) in [6.45, 7) is 0.822. The van der Waals surface area contributed by atoms with Crippen LogP contribution in [0, 0.1) is 0 Å². The van der Waals surface area contributed by atoms with Gasteiger partial charge in [0, 0.05) is 12.7 Å². The van der Waals surface area contributed by atoms with E-state index in [1.165, 1.54) is 38.5 Å². The predicted molar refractivity (Wildman–Crippen MR) is 67.5 cm³/mol. The number of ether oxygens (including phenoxy) is 1. The van der Waals surface area contributed by atoms with Gasteiger partial charge in [-0.25, -0.2) is 4.98 Å². The first-order chi connectivity index (χ1) is 8.80. The molecule has 0 aromatic carbocycles. The van der Waals surface area contributed by atoms with Crippen LogP contribution in [0.15, 0.2) is 12.5 Å². The van der Waals surface area contributed by atoms with Gasteiger partial charge >= 0.3 is 0 Å². The maximum Gasteiger partial charge on any atom is 0.169 e. The average Bonchev–Trinajstić information content (AvgIpc) is 2.99. The Balaban J connectivity index is 1.60. The molecule has 1 aliphatic heterocycles. The highest BCUT2D eigenvalue weighted by Crippen LogP contribution is 2.42. The Bertz CT molecular complexity index is 421. The molecular formula is C14H20N2O2. The molecule has 1 saturated carbocycles. The Hall–Kier alpha value is -1.16. The third kappa shape index (κ3) is 2.34. The highest BCUT2D eigenvalue weighted by molar-refractivity contribution is 5.70. The second-order valence-corrected chi connectivity index (χ2v) is 5.64. The van der Waals surface area contributed by atoms with Crippen molar-refractivity contribution >= 4 is 6.29 Å². The van der Waals surface area contributed by atoms with E-state index >= 15 is 0 Å². The standard InChI is InChI=1S/C14H20N2O2/c17-10-12-8-16(11-15-12)9-13-4-7-14(18-13)5-2-1-3-6-14/h8,10-11,13H,1-7,9H2. The first-order valence-electron chi connectivity index (χ1n) is 6.94. The van der Waals surface area contributed by atoms with Gasteiger partial charge in [0.05, 0.1) is 18.0 Å². The number of hydrogen-bond donors (Lipinski definition) is 0. The topological polar surface area (TPSA) is 44.1 Å². The van der Waals surface area contributed by atoms with Crippen molar-refractivity contribution < 1.29 is 9.53 Å². The fraction of sp³-hybridized carbons (Fsp3) is 0.714. The number of carbonyl (C=O) groups is 1. The third-order valence-corrected chi connectivity index (χ3v) is 4.29. The number of carbonyl (C=O) groups excluding carboxylic acids is 1. The van der Waals surface area contributed by atoms with Gasteiger partial charge in [-0.2, -0.15) is 0 Å². The summed E-state index contributed by atoms with van der Waals surface area (Å²) in [6, 6.07) is 0. The molecule has 1 saturated heterocycles. The van der Waals surface area contributed by atoms with Crippen LogP contribution in [0.1, 0.15) is 55.4 Å². The maximum absolute atomic E-state index is 10.6. The molecule has 4 nitrogen and oxygen atoms in total. The molecule has 0 radical (unpaired) electrons. The molecule has 2 aliphatic rings. The molecule has 1 spiro atoms. The number of aromatic nitrogens is 2. The fourth-order valence-corrected chi connectivity index (χ4v) is 3.36. The highest BCUT2D eigenvalue weighted by Gasteiger charge is 2.40. The average molecular weight is 248 g/mol. The van der Waals surface area contributed by atoms with Crippen LogP contribution in [0.5, 0.6) is 0 Å². The second-order valence-electron chi connectivity index (χ2n) is 5.64. The summed E-state index contributed by atoms with van der Waals surface area (Å²) in [5.74, 6) is 0. The van der Waals surface area contributed by atoms with Crippen molar-refractivity contribution in [2.45, 2.75) is 63.2 Å². The molecule has 1 aliphatic carbocycles. The smallest absolute Gasteiger partial charge is 0.169 e. The molecule has 0 amide bonds. The maximum atomic E-state index is 10.6. The van der Waals surface area contributed by atoms with Gasteiger partial charge in [-0.3, -0.25) is 4.79 Å².